The van der Waals surface area contributed by atoms with Crippen molar-refractivity contribution < 1.29 is 4.74 Å². The maximum Gasteiger partial charge on any atom is 0.212 e. The van der Waals surface area contributed by atoms with Crippen molar-refractivity contribution in [3.05, 3.63) is 34.1 Å². The van der Waals surface area contributed by atoms with Gasteiger partial charge in [-0.15, -0.1) is 10.2 Å². The normalized spacial score (nSPS) is 11.7. The number of hydrogen-bond acceptors (Lipinski definition) is 5. The Bertz CT molecular complexity index is 606. The zero-order chi connectivity index (χ0) is 15.5. The van der Waals surface area contributed by atoms with Crippen LogP contribution in [0.2, 0.25) is 0 Å². The summed E-state index contributed by atoms with van der Waals surface area (Å²) in [5.74, 6) is 1.39. The molecule has 1 aromatic heterocycles. The van der Waals surface area contributed by atoms with Gasteiger partial charge in [0.15, 0.2) is 6.61 Å². The van der Waals surface area contributed by atoms with E-state index in [9.17, 15) is 0 Å². The first-order valence-electron chi connectivity index (χ1n) is 6.72. The number of benzene rings is 1. The average molecular weight is 354 g/mol. The third kappa shape index (κ3) is 5.09. The summed E-state index contributed by atoms with van der Waals surface area (Å²) in [7, 11) is 1.73. The Morgan fingerprint density at radius 3 is 2.71 bits per heavy atom. The van der Waals surface area contributed by atoms with Crippen molar-refractivity contribution in [2.45, 2.75) is 39.5 Å². The highest BCUT2D eigenvalue weighted by Gasteiger charge is 2.12. The first-order valence-corrected chi connectivity index (χ1v) is 7.52. The number of nitrogens with one attached hydrogen (secondary N) is 1. The molecule has 0 aliphatic carbocycles. The second kappa shape index (κ2) is 6.53. The number of tetrazole rings is 1. The van der Waals surface area contributed by atoms with Gasteiger partial charge in [-0.2, -0.15) is 4.80 Å². The van der Waals surface area contributed by atoms with Gasteiger partial charge in [0.05, 0.1) is 7.05 Å². The van der Waals surface area contributed by atoms with E-state index >= 15 is 0 Å². The molecule has 0 amide bonds. The number of aromatic nitrogens is 4. The number of ether oxygens (including phenoxy) is 1. The van der Waals surface area contributed by atoms with E-state index in [1.54, 1.807) is 7.05 Å². The molecule has 0 bridgehead atoms. The van der Waals surface area contributed by atoms with Gasteiger partial charge in [0.2, 0.25) is 5.82 Å². The Balaban J connectivity index is 2.07. The number of aryl methyl sites for hydroxylation is 1. The summed E-state index contributed by atoms with van der Waals surface area (Å²) in [6.07, 6.45) is 0. The second-order valence-corrected chi connectivity index (χ2v) is 6.76. The summed E-state index contributed by atoms with van der Waals surface area (Å²) in [6, 6.07) is 5.96. The predicted molar refractivity (Wildman–Crippen MR) is 83.9 cm³/mol. The van der Waals surface area contributed by atoms with Crippen LogP contribution in [-0.2, 0) is 20.2 Å². The van der Waals surface area contributed by atoms with Gasteiger partial charge in [0, 0.05) is 22.1 Å². The third-order valence-electron chi connectivity index (χ3n) is 2.74. The van der Waals surface area contributed by atoms with Crippen LogP contribution in [0.15, 0.2) is 22.7 Å². The lowest BCUT2D eigenvalue weighted by atomic mass is 10.1. The van der Waals surface area contributed by atoms with Crippen LogP contribution in [0.4, 0.5) is 0 Å². The van der Waals surface area contributed by atoms with Gasteiger partial charge >= 0.3 is 0 Å². The van der Waals surface area contributed by atoms with Crippen molar-refractivity contribution >= 4 is 15.9 Å². The van der Waals surface area contributed by atoms with E-state index in [0.717, 1.165) is 22.3 Å². The minimum Gasteiger partial charge on any atom is -0.485 e. The van der Waals surface area contributed by atoms with Crippen molar-refractivity contribution in [2.24, 2.45) is 7.05 Å². The summed E-state index contributed by atoms with van der Waals surface area (Å²) in [5, 5.41) is 15.3. The van der Waals surface area contributed by atoms with Crippen molar-refractivity contribution in [3.63, 3.8) is 0 Å². The standard InChI is InChI=1S/C14H20BrN5O/c1-14(2,3)16-8-10-7-11(15)5-6-12(10)21-9-13-17-19-20(4)18-13/h5-7,16H,8-9H2,1-4H3. The van der Waals surface area contributed by atoms with Crippen molar-refractivity contribution in [1.82, 2.24) is 25.5 Å². The van der Waals surface area contributed by atoms with Gasteiger partial charge in [-0.25, -0.2) is 0 Å². The Morgan fingerprint density at radius 2 is 2.10 bits per heavy atom. The molecule has 0 spiro atoms. The lowest BCUT2D eigenvalue weighted by molar-refractivity contribution is 0.290. The summed E-state index contributed by atoms with van der Waals surface area (Å²) >= 11 is 3.49. The monoisotopic (exact) mass is 353 g/mol. The van der Waals surface area contributed by atoms with Crippen LogP contribution in [0, 0.1) is 0 Å². The quantitative estimate of drug-likeness (QED) is 0.894. The van der Waals surface area contributed by atoms with Gasteiger partial charge in [-0.3, -0.25) is 0 Å². The molecule has 21 heavy (non-hydrogen) atoms. The van der Waals surface area contributed by atoms with E-state index in [-0.39, 0.29) is 5.54 Å². The fourth-order valence-corrected chi connectivity index (χ4v) is 2.12. The molecule has 2 rings (SSSR count). The van der Waals surface area contributed by atoms with Gasteiger partial charge in [-0.05, 0) is 44.2 Å². The molecule has 1 N–H and O–H groups in total. The van der Waals surface area contributed by atoms with Crippen LogP contribution in [-0.4, -0.2) is 25.7 Å². The zero-order valence-corrected chi connectivity index (χ0v) is 14.3. The molecule has 0 aliphatic rings. The van der Waals surface area contributed by atoms with E-state index in [1.165, 1.54) is 4.80 Å². The fraction of sp³-hybridized carbons (Fsp3) is 0.500. The van der Waals surface area contributed by atoms with E-state index in [1.807, 2.05) is 12.1 Å². The largest absolute Gasteiger partial charge is 0.485 e. The third-order valence-corrected chi connectivity index (χ3v) is 3.23. The lowest BCUT2D eigenvalue weighted by Gasteiger charge is -2.21. The van der Waals surface area contributed by atoms with Gasteiger partial charge in [0.1, 0.15) is 5.75 Å². The molecule has 0 aliphatic heterocycles. The molecule has 6 nitrogen and oxygen atoms in total. The van der Waals surface area contributed by atoms with Crippen LogP contribution in [0.3, 0.4) is 0 Å². The first-order chi connectivity index (χ1) is 9.83. The molecular formula is C14H20BrN5O. The van der Waals surface area contributed by atoms with E-state index in [4.69, 9.17) is 4.74 Å². The molecule has 0 fully saturated rings. The highest BCUT2D eigenvalue weighted by molar-refractivity contribution is 9.10. The Labute approximate surface area is 133 Å². The number of halogens is 1. The maximum absolute atomic E-state index is 5.82. The van der Waals surface area contributed by atoms with Crippen molar-refractivity contribution in [1.29, 1.82) is 0 Å². The van der Waals surface area contributed by atoms with Gasteiger partial charge in [0.25, 0.3) is 0 Å². The van der Waals surface area contributed by atoms with Crippen LogP contribution in [0.5, 0.6) is 5.75 Å². The maximum atomic E-state index is 5.82. The Morgan fingerprint density at radius 1 is 1.33 bits per heavy atom. The molecular weight excluding hydrogens is 334 g/mol. The molecule has 7 heteroatoms. The van der Waals surface area contributed by atoms with Crippen molar-refractivity contribution in [2.75, 3.05) is 0 Å². The van der Waals surface area contributed by atoms with Crippen LogP contribution in [0.1, 0.15) is 32.2 Å². The highest BCUT2D eigenvalue weighted by Crippen LogP contribution is 2.24. The molecule has 114 valence electrons. The number of nitrogens with zero attached hydrogens (tertiary/aromatic N) is 4. The first kappa shape index (κ1) is 15.9. The van der Waals surface area contributed by atoms with Crippen LogP contribution < -0.4 is 10.1 Å². The summed E-state index contributed by atoms with van der Waals surface area (Å²) in [5.41, 5.74) is 1.13. The van der Waals surface area contributed by atoms with Crippen LogP contribution >= 0.6 is 15.9 Å². The summed E-state index contributed by atoms with van der Waals surface area (Å²) < 4.78 is 6.84. The zero-order valence-electron chi connectivity index (χ0n) is 12.7. The SMILES string of the molecule is Cn1nnc(COc2ccc(Br)cc2CNC(C)(C)C)n1. The molecule has 1 heterocycles. The topological polar surface area (TPSA) is 64.9 Å². The molecule has 0 saturated carbocycles. The summed E-state index contributed by atoms with van der Waals surface area (Å²) in [4.78, 5) is 1.42. The highest BCUT2D eigenvalue weighted by atomic mass is 79.9. The van der Waals surface area contributed by atoms with E-state index < -0.39 is 0 Å². The number of rotatable bonds is 5. The molecule has 1 aromatic carbocycles. The number of hydrogen-bond donors (Lipinski definition) is 1. The van der Waals surface area contributed by atoms with Crippen molar-refractivity contribution in [3.8, 4) is 5.75 Å². The minimum absolute atomic E-state index is 0.0477. The minimum atomic E-state index is 0.0477. The molecule has 0 unspecified atom stereocenters. The second-order valence-electron chi connectivity index (χ2n) is 5.84. The average Bonchev–Trinajstić information content (AvgIpc) is 2.80. The van der Waals surface area contributed by atoms with Gasteiger partial charge in [-0.1, -0.05) is 15.9 Å². The molecule has 0 saturated heterocycles. The molecule has 0 atom stereocenters. The fourth-order valence-electron chi connectivity index (χ4n) is 1.71. The predicted octanol–water partition coefficient (Wildman–Crippen LogP) is 2.44. The smallest absolute Gasteiger partial charge is 0.212 e. The van der Waals surface area contributed by atoms with Crippen LogP contribution in [0.25, 0.3) is 0 Å². The van der Waals surface area contributed by atoms with E-state index in [0.29, 0.717) is 12.4 Å². The Hall–Kier alpha value is -1.47. The lowest BCUT2D eigenvalue weighted by Crippen LogP contribution is -2.35. The summed E-state index contributed by atoms with van der Waals surface area (Å²) in [6.45, 7) is 7.43. The molecule has 0 radical (unpaired) electrons. The van der Waals surface area contributed by atoms with Gasteiger partial charge < -0.3 is 10.1 Å². The molecule has 2 aromatic rings. The Kier molecular flexibility index (Phi) is 4.95. The van der Waals surface area contributed by atoms with E-state index in [2.05, 4.69) is 63.5 Å².